The maximum atomic E-state index is 5.37. The molecule has 0 aromatic carbocycles. The van der Waals surface area contributed by atoms with Gasteiger partial charge >= 0.3 is 0 Å². The van der Waals surface area contributed by atoms with E-state index in [1.54, 1.807) is 0 Å². The fourth-order valence-corrected chi connectivity index (χ4v) is 1.15. The average Bonchev–Trinajstić information content (AvgIpc) is 2.09. The van der Waals surface area contributed by atoms with Crippen molar-refractivity contribution in [3.63, 3.8) is 0 Å². The van der Waals surface area contributed by atoms with E-state index in [4.69, 9.17) is 5.73 Å². The van der Waals surface area contributed by atoms with Crippen LogP contribution in [0.5, 0.6) is 0 Å². The van der Waals surface area contributed by atoms with Crippen LogP contribution in [0.3, 0.4) is 0 Å². The second kappa shape index (κ2) is 7.62. The fourth-order valence-electron chi connectivity index (χ4n) is 1.15. The molecule has 0 saturated heterocycles. The summed E-state index contributed by atoms with van der Waals surface area (Å²) in [6.45, 7) is 5.78. The summed E-state index contributed by atoms with van der Waals surface area (Å²) in [4.78, 5) is 6.10. The Bertz CT molecular complexity index is 164. The highest BCUT2D eigenvalue weighted by Crippen LogP contribution is 2.01. The largest absolute Gasteiger partial charge is 0.356 e. The molecule has 0 spiro atoms. The molecule has 4 heteroatoms. The molecule has 0 aromatic rings. The van der Waals surface area contributed by atoms with E-state index in [1.807, 2.05) is 19.0 Å². The maximum absolute atomic E-state index is 5.37. The van der Waals surface area contributed by atoms with Crippen molar-refractivity contribution in [2.75, 3.05) is 27.3 Å². The standard InChI is InChI=1S/C10H24N4/c1-9(2)6-5-7-12-10(13-8-11)14(3)4/h9H,5-8,11H2,1-4H3,(H,12,13). The molecule has 0 aliphatic heterocycles. The predicted molar refractivity (Wildman–Crippen MR) is 62.3 cm³/mol. The van der Waals surface area contributed by atoms with Gasteiger partial charge < -0.3 is 16.0 Å². The van der Waals surface area contributed by atoms with Gasteiger partial charge in [-0.05, 0) is 18.8 Å². The molecule has 0 radical (unpaired) electrons. The molecule has 84 valence electrons. The number of hydrogen-bond donors (Lipinski definition) is 2. The van der Waals surface area contributed by atoms with Gasteiger partial charge in [-0.15, -0.1) is 0 Å². The Morgan fingerprint density at radius 3 is 2.50 bits per heavy atom. The van der Waals surface area contributed by atoms with Crippen LogP contribution in [0.15, 0.2) is 4.99 Å². The van der Waals surface area contributed by atoms with Crippen molar-refractivity contribution in [1.29, 1.82) is 0 Å². The Morgan fingerprint density at radius 1 is 1.43 bits per heavy atom. The minimum atomic E-state index is 0.338. The first-order valence-corrected chi connectivity index (χ1v) is 5.23. The molecular weight excluding hydrogens is 176 g/mol. The van der Waals surface area contributed by atoms with Crippen molar-refractivity contribution in [3.8, 4) is 0 Å². The minimum Gasteiger partial charge on any atom is -0.356 e. The van der Waals surface area contributed by atoms with E-state index in [2.05, 4.69) is 24.2 Å². The van der Waals surface area contributed by atoms with Gasteiger partial charge in [-0.2, -0.15) is 0 Å². The third kappa shape index (κ3) is 6.71. The van der Waals surface area contributed by atoms with Crippen LogP contribution >= 0.6 is 0 Å². The molecule has 0 aliphatic rings. The summed E-state index contributed by atoms with van der Waals surface area (Å²) < 4.78 is 0. The summed E-state index contributed by atoms with van der Waals surface area (Å²) >= 11 is 0. The van der Waals surface area contributed by atoms with Crippen molar-refractivity contribution in [2.45, 2.75) is 26.7 Å². The van der Waals surface area contributed by atoms with Crippen molar-refractivity contribution >= 4 is 5.96 Å². The summed E-state index contributed by atoms with van der Waals surface area (Å²) in [6, 6.07) is 0. The van der Waals surface area contributed by atoms with E-state index in [0.29, 0.717) is 6.67 Å². The molecule has 0 rings (SSSR count). The molecule has 0 fully saturated rings. The Balaban J connectivity index is 3.68. The molecule has 4 nitrogen and oxygen atoms in total. The summed E-state index contributed by atoms with van der Waals surface area (Å²) in [7, 11) is 3.92. The molecule has 0 atom stereocenters. The van der Waals surface area contributed by atoms with Gasteiger partial charge in [0.05, 0.1) is 6.67 Å². The van der Waals surface area contributed by atoms with Crippen LogP contribution in [0, 0.1) is 5.92 Å². The highest BCUT2D eigenvalue weighted by Gasteiger charge is 2.00. The number of nitrogens with one attached hydrogen (secondary N) is 1. The molecule has 0 aliphatic carbocycles. The summed E-state index contributed by atoms with van der Waals surface area (Å²) in [5, 5.41) is 3.27. The van der Waals surface area contributed by atoms with Crippen molar-refractivity contribution < 1.29 is 0 Å². The maximum Gasteiger partial charge on any atom is 0.194 e. The van der Waals surface area contributed by atoms with Gasteiger partial charge in [0.2, 0.25) is 0 Å². The van der Waals surface area contributed by atoms with Crippen molar-refractivity contribution in [3.05, 3.63) is 0 Å². The number of guanidine groups is 1. The van der Waals surface area contributed by atoms with Crippen molar-refractivity contribution in [1.82, 2.24) is 10.2 Å². The van der Waals surface area contributed by atoms with E-state index >= 15 is 0 Å². The summed E-state index contributed by atoms with van der Waals surface area (Å²) in [6.07, 6.45) is 2.42. The lowest BCUT2D eigenvalue weighted by molar-refractivity contribution is 0.531. The van der Waals surface area contributed by atoms with Crippen LogP contribution in [-0.4, -0.2) is 38.2 Å². The van der Waals surface area contributed by atoms with Crippen molar-refractivity contribution in [2.24, 2.45) is 16.6 Å². The highest BCUT2D eigenvalue weighted by atomic mass is 15.3. The predicted octanol–water partition coefficient (Wildman–Crippen LogP) is 0.846. The summed E-state index contributed by atoms with van der Waals surface area (Å²) in [5.41, 5.74) is 5.37. The number of aliphatic imine (C=N–C) groups is 1. The van der Waals surface area contributed by atoms with Crippen LogP contribution in [0.2, 0.25) is 0 Å². The number of nitrogens with two attached hydrogens (primary N) is 1. The molecule has 0 unspecified atom stereocenters. The second-order valence-electron chi connectivity index (χ2n) is 4.02. The average molecular weight is 200 g/mol. The Kier molecular flexibility index (Phi) is 7.20. The van der Waals surface area contributed by atoms with Crippen LogP contribution in [0.25, 0.3) is 0 Å². The number of nitrogens with zero attached hydrogens (tertiary/aromatic N) is 2. The van der Waals surface area contributed by atoms with Gasteiger partial charge in [-0.3, -0.25) is 0 Å². The lowest BCUT2D eigenvalue weighted by atomic mass is 10.1. The molecule has 0 amide bonds. The molecule has 0 bridgehead atoms. The third-order valence-corrected chi connectivity index (χ3v) is 1.91. The third-order valence-electron chi connectivity index (χ3n) is 1.91. The smallest absolute Gasteiger partial charge is 0.194 e. The molecule has 0 heterocycles. The first kappa shape index (κ1) is 13.2. The summed E-state index contributed by atoms with van der Waals surface area (Å²) in [5.74, 6) is 1.64. The molecule has 0 aromatic heterocycles. The van der Waals surface area contributed by atoms with E-state index in [9.17, 15) is 0 Å². The van der Waals surface area contributed by atoms with Gasteiger partial charge in [0.1, 0.15) is 0 Å². The van der Waals surface area contributed by atoms with Crippen LogP contribution in [0.4, 0.5) is 0 Å². The van der Waals surface area contributed by atoms with Gasteiger partial charge in [-0.1, -0.05) is 13.8 Å². The quantitative estimate of drug-likeness (QED) is 0.393. The first-order chi connectivity index (χ1) is 6.57. The fraction of sp³-hybridized carbons (Fsp3) is 0.900. The van der Waals surface area contributed by atoms with E-state index in [1.165, 1.54) is 12.8 Å². The topological polar surface area (TPSA) is 53.6 Å². The van der Waals surface area contributed by atoms with Gasteiger partial charge in [-0.25, -0.2) is 4.99 Å². The monoisotopic (exact) mass is 200 g/mol. The Labute approximate surface area is 87.6 Å². The molecule has 3 N–H and O–H groups in total. The number of rotatable bonds is 5. The Morgan fingerprint density at radius 2 is 2.07 bits per heavy atom. The Hall–Kier alpha value is -0.770. The van der Waals surface area contributed by atoms with E-state index in [0.717, 1.165) is 18.4 Å². The lowest BCUT2D eigenvalue weighted by Gasteiger charge is -2.17. The van der Waals surface area contributed by atoms with Gasteiger partial charge in [0.15, 0.2) is 5.96 Å². The zero-order valence-corrected chi connectivity index (χ0v) is 9.88. The van der Waals surface area contributed by atoms with E-state index in [-0.39, 0.29) is 0 Å². The molecular formula is C10H24N4. The zero-order chi connectivity index (χ0) is 11.0. The van der Waals surface area contributed by atoms with Gasteiger partial charge in [0, 0.05) is 20.6 Å². The van der Waals surface area contributed by atoms with Gasteiger partial charge in [0.25, 0.3) is 0 Å². The van der Waals surface area contributed by atoms with E-state index < -0.39 is 0 Å². The number of hydrogen-bond acceptors (Lipinski definition) is 2. The second-order valence-corrected chi connectivity index (χ2v) is 4.02. The molecule has 14 heavy (non-hydrogen) atoms. The van der Waals surface area contributed by atoms with Crippen LogP contribution in [0.1, 0.15) is 26.7 Å². The SMILES string of the molecule is CC(C)CCCN/C(=N/CN)N(C)C. The van der Waals surface area contributed by atoms with Crippen LogP contribution < -0.4 is 11.1 Å². The highest BCUT2D eigenvalue weighted by molar-refractivity contribution is 5.79. The lowest BCUT2D eigenvalue weighted by Crippen LogP contribution is -2.37. The zero-order valence-electron chi connectivity index (χ0n) is 9.88. The normalized spacial score (nSPS) is 12.0. The van der Waals surface area contributed by atoms with Crippen LogP contribution in [-0.2, 0) is 0 Å². The molecule has 0 saturated carbocycles. The minimum absolute atomic E-state index is 0.338. The first-order valence-electron chi connectivity index (χ1n) is 5.23.